The molecule has 2 aliphatic carbocycles. The van der Waals surface area contributed by atoms with Gasteiger partial charge in [-0.2, -0.15) is 0 Å². The van der Waals surface area contributed by atoms with Gasteiger partial charge in [0.15, 0.2) is 0 Å². The minimum absolute atomic E-state index is 0.0939. The molecular formula is C55H52Cl2. The van der Waals surface area contributed by atoms with Crippen molar-refractivity contribution in [2.75, 3.05) is 0 Å². The molecule has 0 saturated carbocycles. The van der Waals surface area contributed by atoms with Crippen molar-refractivity contribution in [3.63, 3.8) is 0 Å². The lowest BCUT2D eigenvalue weighted by atomic mass is 9.73. The van der Waals surface area contributed by atoms with Crippen LogP contribution in [0.25, 0.3) is 39.5 Å². The van der Waals surface area contributed by atoms with Gasteiger partial charge in [-0.05, 0) is 180 Å². The van der Waals surface area contributed by atoms with E-state index in [2.05, 4.69) is 165 Å². The summed E-state index contributed by atoms with van der Waals surface area (Å²) < 4.78 is 0. The average Bonchev–Trinajstić information content (AvgIpc) is 3.83. The molecule has 286 valence electrons. The van der Waals surface area contributed by atoms with Crippen LogP contribution in [0.2, 0.25) is 10.0 Å². The van der Waals surface area contributed by atoms with Crippen LogP contribution in [-0.2, 0) is 23.7 Å². The molecule has 0 aliphatic heterocycles. The third-order valence-electron chi connectivity index (χ3n) is 11.8. The maximum absolute atomic E-state index is 6.50. The maximum Gasteiger partial charge on any atom is 0.0406 e. The highest BCUT2D eigenvalue weighted by molar-refractivity contribution is 6.30. The predicted molar refractivity (Wildman–Crippen MR) is 247 cm³/mol. The second-order valence-corrected chi connectivity index (χ2v) is 19.0. The van der Waals surface area contributed by atoms with E-state index < -0.39 is 0 Å². The number of allylic oxidation sites excluding steroid dienone is 4. The molecule has 0 nitrogen and oxygen atoms in total. The number of fused-ring (bicyclic) bond motifs is 2. The van der Waals surface area contributed by atoms with Crippen LogP contribution in [0.4, 0.5) is 0 Å². The summed E-state index contributed by atoms with van der Waals surface area (Å²) in [5.41, 5.74) is 18.2. The summed E-state index contributed by atoms with van der Waals surface area (Å²) in [6, 6.07) is 39.8. The van der Waals surface area contributed by atoms with Crippen LogP contribution in [0.15, 0.2) is 127 Å². The smallest absolute Gasteiger partial charge is 0.0406 e. The second kappa shape index (κ2) is 15.1. The second-order valence-electron chi connectivity index (χ2n) is 18.1. The molecule has 0 fully saturated rings. The van der Waals surface area contributed by atoms with Gasteiger partial charge in [-0.25, -0.2) is 0 Å². The first-order valence-electron chi connectivity index (χ1n) is 20.3. The highest BCUT2D eigenvalue weighted by Gasteiger charge is 2.31. The minimum atomic E-state index is -0.217. The van der Waals surface area contributed by atoms with Crippen LogP contribution in [0, 0.1) is 24.3 Å². The van der Waals surface area contributed by atoms with E-state index in [1.807, 2.05) is 24.3 Å². The molecule has 0 aromatic heterocycles. The van der Waals surface area contributed by atoms with Crippen molar-refractivity contribution < 1.29 is 0 Å². The molecular weight excluding hydrogens is 732 g/mol. The molecule has 0 saturated heterocycles. The number of hydrogen-bond acceptors (Lipinski definition) is 0. The molecule has 8 rings (SSSR count). The van der Waals surface area contributed by atoms with Gasteiger partial charge in [-0.1, -0.05) is 161 Å². The van der Waals surface area contributed by atoms with Crippen molar-refractivity contribution in [3.05, 3.63) is 203 Å². The summed E-state index contributed by atoms with van der Waals surface area (Å²) in [4.78, 5) is 0. The lowest BCUT2D eigenvalue weighted by Gasteiger charge is -2.30. The molecule has 6 aromatic carbocycles. The zero-order valence-corrected chi connectivity index (χ0v) is 36.1. The Morgan fingerprint density at radius 3 is 1.68 bits per heavy atom. The predicted octanol–water partition coefficient (Wildman–Crippen LogP) is 13.9. The van der Waals surface area contributed by atoms with Crippen molar-refractivity contribution in [1.82, 2.24) is 0 Å². The molecule has 0 radical (unpaired) electrons. The Morgan fingerprint density at radius 1 is 0.614 bits per heavy atom. The van der Waals surface area contributed by atoms with Gasteiger partial charge in [0, 0.05) is 10.0 Å². The minimum Gasteiger partial charge on any atom is -0.0843 e. The SMILES string of the molecule is Cc1ccccc1-c1cc2c(cc1C(C)(C)C)=c1c(c(C3=CC=CC3)c(-c3ccccc3C)c(C(C)(C)C)c1=C(Cc1ccc(Cl)cc1)Cc1ccc(Cl)cc1)C=2. The molecule has 0 unspecified atom stereocenters. The van der Waals surface area contributed by atoms with Gasteiger partial charge < -0.3 is 0 Å². The Kier molecular flexibility index (Phi) is 10.3. The molecule has 6 aromatic rings. The first-order valence-corrected chi connectivity index (χ1v) is 21.0. The quantitative estimate of drug-likeness (QED) is 0.151. The summed E-state index contributed by atoms with van der Waals surface area (Å²) in [6.45, 7) is 18.8. The lowest BCUT2D eigenvalue weighted by molar-refractivity contribution is 0.586. The number of benzene rings is 6. The lowest BCUT2D eigenvalue weighted by Crippen LogP contribution is -2.30. The zero-order valence-electron chi connectivity index (χ0n) is 34.6. The topological polar surface area (TPSA) is 0 Å². The highest BCUT2D eigenvalue weighted by Crippen LogP contribution is 2.44. The van der Waals surface area contributed by atoms with Crippen LogP contribution in [0.3, 0.4) is 0 Å². The largest absolute Gasteiger partial charge is 0.0843 e. The fraction of sp³-hybridized carbons (Fsp3) is 0.236. The van der Waals surface area contributed by atoms with Crippen LogP contribution >= 0.6 is 23.2 Å². The van der Waals surface area contributed by atoms with E-state index >= 15 is 0 Å². The first kappa shape index (κ1) is 39.0. The van der Waals surface area contributed by atoms with Gasteiger partial charge in [0.25, 0.3) is 0 Å². The molecule has 0 amide bonds. The summed E-state index contributed by atoms with van der Waals surface area (Å²) in [7, 11) is 0. The summed E-state index contributed by atoms with van der Waals surface area (Å²) in [5.74, 6) is 0. The summed E-state index contributed by atoms with van der Waals surface area (Å²) in [6.07, 6.45) is 11.9. The van der Waals surface area contributed by atoms with Gasteiger partial charge in [-0.3, -0.25) is 0 Å². The Bertz CT molecular complexity index is 2790. The zero-order chi connectivity index (χ0) is 40.2. The van der Waals surface area contributed by atoms with E-state index in [4.69, 9.17) is 23.2 Å². The van der Waals surface area contributed by atoms with Gasteiger partial charge >= 0.3 is 0 Å². The third kappa shape index (κ3) is 7.51. The van der Waals surface area contributed by atoms with Gasteiger partial charge in [-0.15, -0.1) is 0 Å². The summed E-state index contributed by atoms with van der Waals surface area (Å²) in [5, 5.41) is 6.83. The van der Waals surface area contributed by atoms with E-state index in [0.29, 0.717) is 0 Å². The monoisotopic (exact) mass is 782 g/mol. The van der Waals surface area contributed by atoms with E-state index in [-0.39, 0.29) is 10.8 Å². The Labute approximate surface area is 349 Å². The molecule has 0 bridgehead atoms. The van der Waals surface area contributed by atoms with Crippen molar-refractivity contribution in [1.29, 1.82) is 0 Å². The number of rotatable bonds is 7. The first-order chi connectivity index (χ1) is 27.2. The van der Waals surface area contributed by atoms with Crippen LogP contribution in [0.1, 0.15) is 92.5 Å². The van der Waals surface area contributed by atoms with Crippen molar-refractivity contribution in [2.24, 2.45) is 0 Å². The maximum atomic E-state index is 6.50. The highest BCUT2D eigenvalue weighted by atomic mass is 35.5. The van der Waals surface area contributed by atoms with E-state index in [1.54, 1.807) is 0 Å². The van der Waals surface area contributed by atoms with E-state index in [1.165, 1.54) is 98.8 Å². The molecule has 2 aliphatic rings. The van der Waals surface area contributed by atoms with Crippen LogP contribution in [-0.4, -0.2) is 0 Å². The molecule has 57 heavy (non-hydrogen) atoms. The average molecular weight is 784 g/mol. The molecule has 0 heterocycles. The van der Waals surface area contributed by atoms with E-state index in [0.717, 1.165) is 29.3 Å². The van der Waals surface area contributed by atoms with Gasteiger partial charge in [0.1, 0.15) is 0 Å². The number of aryl methyl sites for hydroxylation is 2. The van der Waals surface area contributed by atoms with Crippen molar-refractivity contribution in [2.45, 2.75) is 85.5 Å². The fourth-order valence-electron chi connectivity index (χ4n) is 9.15. The Morgan fingerprint density at radius 2 is 1.18 bits per heavy atom. The normalized spacial score (nSPS) is 13.3. The standard InChI is InChI=1S/C55H52Cl2/c1-34-15-9-13-19-43(34)46-31-39-32-47-49(38-17-11-12-18-38)52(44-20-14-10-16-35(44)2)53(55(6,7)8)50(51(47)45(39)33-48(46)54(3,4)5)40(29-36-21-25-41(56)26-22-36)30-37-23-27-42(57)28-24-37/h9-17,19-28,31-33H,18,29-30H2,1-8H3. The van der Waals surface area contributed by atoms with Crippen LogP contribution in [0.5, 0.6) is 0 Å². The number of hydrogen-bond donors (Lipinski definition) is 0. The fourth-order valence-corrected chi connectivity index (χ4v) is 9.40. The molecule has 0 spiro atoms. The Balaban J connectivity index is 1.67. The third-order valence-corrected chi connectivity index (χ3v) is 12.3. The molecule has 0 atom stereocenters. The summed E-state index contributed by atoms with van der Waals surface area (Å²) >= 11 is 13.0. The van der Waals surface area contributed by atoms with Crippen molar-refractivity contribution in [3.8, 4) is 22.3 Å². The van der Waals surface area contributed by atoms with Gasteiger partial charge in [0.05, 0.1) is 0 Å². The molecule has 2 heteroatoms. The van der Waals surface area contributed by atoms with Crippen molar-refractivity contribution >= 4 is 40.4 Å². The van der Waals surface area contributed by atoms with E-state index in [9.17, 15) is 0 Å². The Hall–Kier alpha value is -4.88. The molecule has 0 N–H and O–H groups in total. The van der Waals surface area contributed by atoms with Gasteiger partial charge in [0.2, 0.25) is 0 Å². The number of halogens is 2. The van der Waals surface area contributed by atoms with Crippen LogP contribution < -0.4 is 10.4 Å².